The van der Waals surface area contributed by atoms with Gasteiger partial charge in [-0.15, -0.1) is 0 Å². The normalized spacial score (nSPS) is 21.4. The zero-order chi connectivity index (χ0) is 18.4. The van der Waals surface area contributed by atoms with E-state index in [0.29, 0.717) is 13.2 Å². The summed E-state index contributed by atoms with van der Waals surface area (Å²) in [5, 5.41) is 8.62. The Morgan fingerprint density at radius 1 is 1.26 bits per heavy atom. The summed E-state index contributed by atoms with van der Waals surface area (Å²) < 4.78 is 11.7. The highest BCUT2D eigenvalue weighted by molar-refractivity contribution is 5.93. The van der Waals surface area contributed by atoms with Crippen LogP contribution in [0.1, 0.15) is 26.7 Å². The summed E-state index contributed by atoms with van der Waals surface area (Å²) in [6.07, 6.45) is 3.82. The van der Waals surface area contributed by atoms with Crippen LogP contribution in [-0.4, -0.2) is 51.6 Å². The molecule has 7 nitrogen and oxygen atoms in total. The van der Waals surface area contributed by atoms with E-state index in [1.165, 1.54) is 0 Å². The standard InChI is InChI=1S/C20H23N5O2/c1-13-11-26-8-7-25(13)18-10-17(21-12-22-18)19-15-9-14(27-20(2)5-6-20)3-4-16(15)23-24-19/h3-4,9-10,12-13H,5-8,11H2,1-2H3,(H,23,24)/t13-/m1/s1. The molecular formula is C20H23N5O2. The van der Waals surface area contributed by atoms with E-state index in [-0.39, 0.29) is 11.6 Å². The number of hydrogen-bond donors (Lipinski definition) is 1. The minimum atomic E-state index is -0.00780. The second-order valence-electron chi connectivity index (χ2n) is 7.71. The molecule has 0 unspecified atom stereocenters. The van der Waals surface area contributed by atoms with Crippen LogP contribution in [0.15, 0.2) is 30.6 Å². The first-order valence-electron chi connectivity index (χ1n) is 9.45. The first-order chi connectivity index (χ1) is 13.1. The number of nitrogens with one attached hydrogen (secondary N) is 1. The number of hydrogen-bond acceptors (Lipinski definition) is 6. The topological polar surface area (TPSA) is 76.2 Å². The molecule has 27 heavy (non-hydrogen) atoms. The Kier molecular flexibility index (Phi) is 3.79. The van der Waals surface area contributed by atoms with Gasteiger partial charge in [-0.3, -0.25) is 5.10 Å². The summed E-state index contributed by atoms with van der Waals surface area (Å²) in [7, 11) is 0. The van der Waals surface area contributed by atoms with Crippen molar-refractivity contribution in [2.45, 2.75) is 38.3 Å². The van der Waals surface area contributed by atoms with Gasteiger partial charge in [0.2, 0.25) is 0 Å². The number of H-pyrrole nitrogens is 1. The van der Waals surface area contributed by atoms with E-state index in [0.717, 1.165) is 53.2 Å². The fourth-order valence-electron chi connectivity index (χ4n) is 3.52. The summed E-state index contributed by atoms with van der Waals surface area (Å²) in [6, 6.07) is 8.36. The van der Waals surface area contributed by atoms with Crippen LogP contribution in [0.25, 0.3) is 22.3 Å². The predicted octanol–water partition coefficient (Wildman–Crippen LogP) is 3.18. The fraction of sp³-hybridized carbons (Fsp3) is 0.450. The monoisotopic (exact) mass is 365 g/mol. The van der Waals surface area contributed by atoms with Crippen molar-refractivity contribution in [3.8, 4) is 17.1 Å². The summed E-state index contributed by atoms with van der Waals surface area (Å²) >= 11 is 0. The maximum absolute atomic E-state index is 6.12. The van der Waals surface area contributed by atoms with Crippen LogP contribution in [0.3, 0.4) is 0 Å². The van der Waals surface area contributed by atoms with Crippen molar-refractivity contribution >= 4 is 16.7 Å². The van der Waals surface area contributed by atoms with E-state index in [2.05, 4.69) is 45.0 Å². The molecule has 0 radical (unpaired) electrons. The smallest absolute Gasteiger partial charge is 0.133 e. The van der Waals surface area contributed by atoms with Gasteiger partial charge in [-0.1, -0.05) is 0 Å². The molecule has 0 spiro atoms. The molecule has 2 aromatic heterocycles. The molecule has 1 aromatic carbocycles. The number of benzene rings is 1. The minimum Gasteiger partial charge on any atom is -0.488 e. The van der Waals surface area contributed by atoms with Gasteiger partial charge in [0, 0.05) is 18.0 Å². The van der Waals surface area contributed by atoms with Crippen LogP contribution in [-0.2, 0) is 4.74 Å². The molecule has 0 amide bonds. The molecular weight excluding hydrogens is 342 g/mol. The highest BCUT2D eigenvalue weighted by Crippen LogP contribution is 2.40. The second-order valence-corrected chi connectivity index (χ2v) is 7.71. The maximum Gasteiger partial charge on any atom is 0.133 e. The zero-order valence-corrected chi connectivity index (χ0v) is 15.6. The Hall–Kier alpha value is -2.67. The lowest BCUT2D eigenvalue weighted by Crippen LogP contribution is -2.44. The van der Waals surface area contributed by atoms with Gasteiger partial charge < -0.3 is 14.4 Å². The first kappa shape index (κ1) is 16.5. The van der Waals surface area contributed by atoms with E-state index < -0.39 is 0 Å². The number of aromatic amines is 1. The van der Waals surface area contributed by atoms with Gasteiger partial charge in [-0.2, -0.15) is 5.10 Å². The van der Waals surface area contributed by atoms with Gasteiger partial charge in [0.25, 0.3) is 0 Å². The van der Waals surface area contributed by atoms with Crippen LogP contribution in [0, 0.1) is 0 Å². The van der Waals surface area contributed by atoms with Crippen LogP contribution < -0.4 is 9.64 Å². The van der Waals surface area contributed by atoms with E-state index >= 15 is 0 Å². The van der Waals surface area contributed by atoms with Crippen LogP contribution >= 0.6 is 0 Å². The molecule has 3 heterocycles. The largest absolute Gasteiger partial charge is 0.488 e. The van der Waals surface area contributed by atoms with E-state index in [1.807, 2.05) is 18.2 Å². The first-order valence-corrected chi connectivity index (χ1v) is 9.45. The number of anilines is 1. The molecule has 2 aliphatic rings. The Morgan fingerprint density at radius 3 is 2.96 bits per heavy atom. The van der Waals surface area contributed by atoms with E-state index in [1.54, 1.807) is 6.33 Å². The SMILES string of the molecule is C[C@@H]1COCCN1c1cc(-c2n[nH]c3ccc(OC4(C)CC4)cc23)ncn1. The zero-order valence-electron chi connectivity index (χ0n) is 15.6. The van der Waals surface area contributed by atoms with E-state index in [4.69, 9.17) is 9.47 Å². The quantitative estimate of drug-likeness (QED) is 0.765. The lowest BCUT2D eigenvalue weighted by Gasteiger charge is -2.34. The van der Waals surface area contributed by atoms with Gasteiger partial charge >= 0.3 is 0 Å². The van der Waals surface area contributed by atoms with Gasteiger partial charge in [-0.25, -0.2) is 9.97 Å². The van der Waals surface area contributed by atoms with Crippen molar-refractivity contribution in [1.82, 2.24) is 20.2 Å². The Labute approximate surface area is 157 Å². The Morgan fingerprint density at radius 2 is 2.15 bits per heavy atom. The van der Waals surface area contributed by atoms with Gasteiger partial charge in [0.05, 0.1) is 30.5 Å². The number of rotatable bonds is 4. The minimum absolute atomic E-state index is 0.00780. The van der Waals surface area contributed by atoms with Gasteiger partial charge in [-0.05, 0) is 44.9 Å². The fourth-order valence-corrected chi connectivity index (χ4v) is 3.52. The molecule has 2 fully saturated rings. The maximum atomic E-state index is 6.12. The van der Waals surface area contributed by atoms with Gasteiger partial charge in [0.1, 0.15) is 29.2 Å². The molecule has 1 saturated heterocycles. The third kappa shape index (κ3) is 3.12. The molecule has 0 bridgehead atoms. The molecule has 7 heteroatoms. The molecule has 1 atom stereocenters. The highest BCUT2D eigenvalue weighted by atomic mass is 16.5. The molecule has 1 saturated carbocycles. The Bertz CT molecular complexity index is 981. The molecule has 3 aromatic rings. The molecule has 140 valence electrons. The van der Waals surface area contributed by atoms with Crippen molar-refractivity contribution in [3.05, 3.63) is 30.6 Å². The third-order valence-electron chi connectivity index (χ3n) is 5.41. The van der Waals surface area contributed by atoms with Crippen molar-refractivity contribution in [2.24, 2.45) is 0 Å². The predicted molar refractivity (Wildman–Crippen MR) is 103 cm³/mol. The Balaban J connectivity index is 1.51. The van der Waals surface area contributed by atoms with Crippen molar-refractivity contribution in [3.63, 3.8) is 0 Å². The van der Waals surface area contributed by atoms with Crippen molar-refractivity contribution < 1.29 is 9.47 Å². The van der Waals surface area contributed by atoms with E-state index in [9.17, 15) is 0 Å². The number of aromatic nitrogens is 4. The number of morpholine rings is 1. The molecule has 1 N–H and O–H groups in total. The van der Waals surface area contributed by atoms with Crippen LogP contribution in [0.5, 0.6) is 5.75 Å². The summed E-state index contributed by atoms with van der Waals surface area (Å²) in [4.78, 5) is 11.2. The summed E-state index contributed by atoms with van der Waals surface area (Å²) in [5.74, 6) is 1.78. The lowest BCUT2D eigenvalue weighted by molar-refractivity contribution is 0.0985. The van der Waals surface area contributed by atoms with Gasteiger partial charge in [0.15, 0.2) is 0 Å². The number of nitrogens with zero attached hydrogens (tertiary/aromatic N) is 4. The average molecular weight is 365 g/mol. The van der Waals surface area contributed by atoms with Crippen LogP contribution in [0.2, 0.25) is 0 Å². The van der Waals surface area contributed by atoms with Crippen molar-refractivity contribution in [2.75, 3.05) is 24.7 Å². The summed E-state index contributed by atoms with van der Waals surface area (Å²) in [5.41, 5.74) is 2.59. The van der Waals surface area contributed by atoms with Crippen molar-refractivity contribution in [1.29, 1.82) is 0 Å². The average Bonchev–Trinajstić information content (AvgIpc) is 3.25. The molecule has 5 rings (SSSR count). The lowest BCUT2D eigenvalue weighted by atomic mass is 10.1. The molecule has 1 aliphatic heterocycles. The van der Waals surface area contributed by atoms with Crippen LogP contribution in [0.4, 0.5) is 5.82 Å². The highest BCUT2D eigenvalue weighted by Gasteiger charge is 2.40. The molecule has 1 aliphatic carbocycles. The third-order valence-corrected chi connectivity index (χ3v) is 5.41. The second kappa shape index (κ2) is 6.20. The number of ether oxygens (including phenoxy) is 2. The number of fused-ring (bicyclic) bond motifs is 1. The summed E-state index contributed by atoms with van der Waals surface area (Å²) in [6.45, 7) is 6.55.